The molecular weight excluding hydrogens is 1340 g/mol. The fourth-order valence-corrected chi connectivity index (χ4v) is 18.9. The Labute approximate surface area is 680 Å². The van der Waals surface area contributed by atoms with Crippen LogP contribution in [0.3, 0.4) is 0 Å². The van der Waals surface area contributed by atoms with E-state index in [1.165, 1.54) is 0 Å². The average Bonchev–Trinajstić information content (AvgIpc) is 1.65. The van der Waals surface area contributed by atoms with Crippen molar-refractivity contribution in [1.29, 1.82) is 0 Å². The quantitative estimate of drug-likeness (QED) is 0.134. The van der Waals surface area contributed by atoms with Gasteiger partial charge in [0.15, 0.2) is 0 Å². The van der Waals surface area contributed by atoms with Crippen molar-refractivity contribution in [3.8, 4) is 44.8 Å². The zero-order valence-corrected chi connectivity index (χ0v) is 61.4. The second kappa shape index (κ2) is 24.1. The third kappa shape index (κ3) is 9.18. The van der Waals surface area contributed by atoms with Gasteiger partial charge in [0.2, 0.25) is 0 Å². The van der Waals surface area contributed by atoms with Crippen LogP contribution in [0.5, 0.6) is 0 Å². The van der Waals surface area contributed by atoms with Crippen molar-refractivity contribution in [3.63, 3.8) is 0 Å². The molecule has 111 heavy (non-hydrogen) atoms. The highest BCUT2D eigenvalue weighted by molar-refractivity contribution is 7.00. The van der Waals surface area contributed by atoms with Crippen molar-refractivity contribution in [2.75, 3.05) is 9.80 Å². The fraction of sp³-hybridized carbons (Fsp3) is 0.0943. The van der Waals surface area contributed by atoms with E-state index in [4.69, 9.17) is 0 Å². The Morgan fingerprint density at radius 1 is 0.306 bits per heavy atom. The number of hydrogen-bond donors (Lipinski definition) is 0. The maximum atomic E-state index is 11.9. The first-order valence-corrected chi connectivity index (χ1v) is 37.5. The molecule has 2 aliphatic heterocycles. The topological polar surface area (TPSA) is 16.3 Å². The van der Waals surface area contributed by atoms with Crippen LogP contribution in [-0.4, -0.2) is 15.8 Å². The molecular formula is C106H79BN4. The molecule has 0 bridgehead atoms. The number of benzene rings is 16. The third-order valence-corrected chi connectivity index (χ3v) is 23.5. The number of rotatable bonds is 9. The summed E-state index contributed by atoms with van der Waals surface area (Å²) in [5.74, 6) is 0. The molecule has 4 nitrogen and oxygen atoms in total. The normalized spacial score (nSPS) is 16.9. The number of nitrogens with zero attached hydrogens (tertiary/aromatic N) is 4. The van der Waals surface area contributed by atoms with Gasteiger partial charge in [-0.15, -0.1) is 0 Å². The molecule has 2 aliphatic carbocycles. The molecule has 2 aromatic heterocycles. The minimum atomic E-state index is -1.68. The number of hydrogen-bond acceptors (Lipinski definition) is 2. The summed E-state index contributed by atoms with van der Waals surface area (Å²) in [6, 6.07) is 63.1. The zero-order chi connectivity index (χ0) is 93.4. The molecule has 0 saturated heterocycles. The smallest absolute Gasteiger partial charge is 0.252 e. The molecule has 0 N–H and O–H groups in total. The molecule has 22 rings (SSSR count). The Balaban J connectivity index is 0.997. The van der Waals surface area contributed by atoms with Crippen molar-refractivity contribution < 1.29 is 30.2 Å². The minimum Gasteiger partial charge on any atom is -0.311 e. The van der Waals surface area contributed by atoms with Crippen molar-refractivity contribution in [3.05, 3.63) is 425 Å². The molecule has 16 aromatic carbocycles. The van der Waals surface area contributed by atoms with Crippen LogP contribution in [-0.2, 0) is 21.7 Å². The Hall–Kier alpha value is -13.2. The Morgan fingerprint density at radius 2 is 0.667 bits per heavy atom. The van der Waals surface area contributed by atoms with Gasteiger partial charge >= 0.3 is 0 Å². The second-order valence-electron chi connectivity index (χ2n) is 31.3. The molecule has 0 unspecified atom stereocenters. The Bertz CT molecular complexity index is 7600. The fourth-order valence-electron chi connectivity index (χ4n) is 18.9. The SMILES string of the molecule is [2H]c1c([2H])c(-n2c3c([2H])c([2H])c([2H])c([2H])c3c3c([2H])c([2H])c([2H])c([2H])c32)c([2H])c2c1B1c3c(cc(-c4ccc(C(C)(C)C)cc4C(C)(C)C)cc3N(c3cccc4c3-c3ccccc3C4(c3ccccc3)c3ccccc3)c3c([2H])c(-n4c5c([2H])c([2H])c([2H])c([2H])c5c5c([2H])c([2H])c([2H])c([2H])c54)c([2H])c([2H])c31)N2c1cccc2c1-c1ccccc1C2(c1ccccc1)c1ccccc1. The Kier molecular flexibility index (Phi) is 10.1. The van der Waals surface area contributed by atoms with Crippen LogP contribution in [0.1, 0.15) is 127 Å². The molecule has 0 saturated carbocycles. The van der Waals surface area contributed by atoms with E-state index in [-0.39, 0.29) is 55.2 Å². The Morgan fingerprint density at radius 3 is 1.05 bits per heavy atom. The molecule has 0 spiro atoms. The van der Waals surface area contributed by atoms with Crippen LogP contribution in [0.2, 0.25) is 0 Å². The summed E-state index contributed by atoms with van der Waals surface area (Å²) in [7, 11) is 0. The van der Waals surface area contributed by atoms with Crippen LogP contribution in [0.4, 0.5) is 34.1 Å². The highest BCUT2D eigenvalue weighted by atomic mass is 15.2. The highest BCUT2D eigenvalue weighted by Gasteiger charge is 2.52. The van der Waals surface area contributed by atoms with Gasteiger partial charge in [0.05, 0.1) is 74.4 Å². The molecule has 0 radical (unpaired) electrons. The van der Waals surface area contributed by atoms with Crippen molar-refractivity contribution >= 4 is 101 Å². The van der Waals surface area contributed by atoms with Crippen LogP contribution in [0.25, 0.3) is 88.4 Å². The number of anilines is 6. The van der Waals surface area contributed by atoms with E-state index in [1.807, 2.05) is 155 Å². The van der Waals surface area contributed by atoms with E-state index in [0.29, 0.717) is 39.1 Å². The first-order valence-electron chi connectivity index (χ1n) is 48.5. The van der Waals surface area contributed by atoms with Crippen molar-refractivity contribution in [2.24, 2.45) is 0 Å². The molecule has 0 amide bonds. The predicted molar refractivity (Wildman–Crippen MR) is 467 cm³/mol. The third-order valence-electron chi connectivity index (χ3n) is 23.5. The number of para-hydroxylation sites is 4. The van der Waals surface area contributed by atoms with Gasteiger partial charge in [-0.2, -0.15) is 0 Å². The lowest BCUT2D eigenvalue weighted by Gasteiger charge is -2.45. The van der Waals surface area contributed by atoms with Gasteiger partial charge in [-0.1, -0.05) is 338 Å². The van der Waals surface area contributed by atoms with E-state index >= 15 is 0 Å². The number of aromatic nitrogens is 2. The summed E-state index contributed by atoms with van der Waals surface area (Å²) in [4.78, 5) is 3.81. The predicted octanol–water partition coefficient (Wildman–Crippen LogP) is 25.0. The summed E-state index contributed by atoms with van der Waals surface area (Å²) in [5.41, 5.74) is 7.63. The zero-order valence-electron chi connectivity index (χ0n) is 83.4. The lowest BCUT2D eigenvalue weighted by atomic mass is 9.33. The van der Waals surface area contributed by atoms with E-state index in [9.17, 15) is 30.2 Å². The molecule has 5 heteroatoms. The van der Waals surface area contributed by atoms with E-state index in [2.05, 4.69) is 133 Å². The van der Waals surface area contributed by atoms with E-state index in [1.54, 1.807) is 0 Å². The highest BCUT2D eigenvalue weighted by Crippen LogP contribution is 2.63. The van der Waals surface area contributed by atoms with Gasteiger partial charge in [-0.05, 0) is 178 Å². The van der Waals surface area contributed by atoms with Gasteiger partial charge in [-0.25, -0.2) is 0 Å². The summed E-state index contributed by atoms with van der Waals surface area (Å²) in [6.45, 7) is 11.1. The summed E-state index contributed by atoms with van der Waals surface area (Å²) < 4.78 is 225. The minimum absolute atomic E-state index is 0.159. The van der Waals surface area contributed by atoms with Gasteiger partial charge in [0, 0.05) is 66.8 Å². The molecule has 0 atom stereocenters. The standard InChI is InChI=1S/C106H79BN4/c1-103(2,3)73-57-60-76(87(65-73)104(4,5)6)68-63-98-102-99(64-68)111(95-56-32-50-86-101(95)82-46-20-26-48-84(82)106(86,71-37-15-9-16-38-71)72-39-17-10-18-40-72)97-67-75(109-92-53-29-23-43-79(92)80-44-24-30-54-93(80)109)59-62-89(97)107(102)88-61-58-74(108-90-51-27-21-41-77(90)78-42-22-28-52-91(78)108)66-96(88)110(98)94-55-31-49-85-100(94)81-45-19-25-47-83(81)105(85,69-33-11-7-12-34-69)70-35-13-8-14-36-70/h7-67H,1-6H3/i21D,22D,23D,24D,27D,28D,29D,30D,41D,42D,43D,44D,51D,52D,53D,54D,58D,59D,61D,62D,66D,67D. The molecule has 4 heterocycles. The van der Waals surface area contributed by atoms with Crippen molar-refractivity contribution in [2.45, 2.75) is 63.2 Å². The first kappa shape index (κ1) is 46.2. The van der Waals surface area contributed by atoms with E-state index < -0.39 is 195 Å². The lowest BCUT2D eigenvalue weighted by molar-refractivity contribution is 0.570. The van der Waals surface area contributed by atoms with Gasteiger partial charge in [0.25, 0.3) is 6.71 Å². The van der Waals surface area contributed by atoms with Gasteiger partial charge in [-0.3, -0.25) is 0 Å². The first-order chi connectivity index (χ1) is 63.6. The largest absolute Gasteiger partial charge is 0.311 e. The van der Waals surface area contributed by atoms with Crippen LogP contribution < -0.4 is 26.2 Å². The maximum absolute atomic E-state index is 11.9. The van der Waals surface area contributed by atoms with Gasteiger partial charge in [0.1, 0.15) is 0 Å². The van der Waals surface area contributed by atoms with Crippen LogP contribution in [0, 0.1) is 0 Å². The van der Waals surface area contributed by atoms with Crippen molar-refractivity contribution in [1.82, 2.24) is 9.13 Å². The lowest BCUT2D eigenvalue weighted by Crippen LogP contribution is -2.61. The molecule has 18 aromatic rings. The molecule has 4 aliphatic rings. The monoisotopic (exact) mass is 1440 g/mol. The maximum Gasteiger partial charge on any atom is 0.252 e. The summed E-state index contributed by atoms with van der Waals surface area (Å²) >= 11 is 0. The number of fused-ring (bicyclic) bond motifs is 16. The van der Waals surface area contributed by atoms with Crippen LogP contribution >= 0.6 is 0 Å². The molecule has 526 valence electrons. The van der Waals surface area contributed by atoms with Crippen LogP contribution in [0.15, 0.2) is 370 Å². The van der Waals surface area contributed by atoms with Gasteiger partial charge < -0.3 is 18.9 Å². The van der Waals surface area contributed by atoms with E-state index in [0.717, 1.165) is 75.9 Å². The summed E-state index contributed by atoms with van der Waals surface area (Å²) in [6.07, 6.45) is 0. The second-order valence-corrected chi connectivity index (χ2v) is 31.3. The average molecular weight is 1440 g/mol. The summed E-state index contributed by atoms with van der Waals surface area (Å²) in [5, 5.41) is -1.42. The molecule has 0 fully saturated rings.